The molecule has 1 amide bonds. The number of nitrogens with two attached hydrogens (primary N) is 1. The van der Waals surface area contributed by atoms with Gasteiger partial charge in [-0.15, -0.1) is 0 Å². The van der Waals surface area contributed by atoms with E-state index >= 15 is 0 Å². The zero-order valence-corrected chi connectivity index (χ0v) is 8.62. The Morgan fingerprint density at radius 2 is 2.23 bits per heavy atom. The molecule has 1 saturated carbocycles. The van der Waals surface area contributed by atoms with Gasteiger partial charge in [0, 0.05) is 19.0 Å². The average Bonchev–Trinajstić information content (AvgIpc) is 2.00. The van der Waals surface area contributed by atoms with Crippen molar-refractivity contribution >= 4 is 5.91 Å². The Balaban J connectivity index is 2.36. The van der Waals surface area contributed by atoms with Crippen LogP contribution >= 0.6 is 0 Å². The van der Waals surface area contributed by atoms with Crippen molar-refractivity contribution in [2.75, 3.05) is 13.6 Å². The fourth-order valence-electron chi connectivity index (χ4n) is 1.68. The van der Waals surface area contributed by atoms with Gasteiger partial charge in [-0.3, -0.25) is 4.79 Å². The van der Waals surface area contributed by atoms with Crippen LogP contribution in [0.1, 0.15) is 32.6 Å². The molecule has 0 aliphatic heterocycles. The van der Waals surface area contributed by atoms with Gasteiger partial charge >= 0.3 is 0 Å². The van der Waals surface area contributed by atoms with E-state index in [4.69, 9.17) is 5.73 Å². The zero-order valence-electron chi connectivity index (χ0n) is 8.62. The van der Waals surface area contributed by atoms with E-state index in [0.29, 0.717) is 12.6 Å². The minimum atomic E-state index is 0.0931. The summed E-state index contributed by atoms with van der Waals surface area (Å²) >= 11 is 0. The Labute approximate surface area is 80.3 Å². The van der Waals surface area contributed by atoms with E-state index in [1.165, 1.54) is 19.3 Å². The Bertz CT molecular complexity index is 178. The standard InChI is InChI=1S/C10H20N2O/c1-8(6-7-11)10(13)12(2)9-4-3-5-9/h8-9H,3-7,11H2,1-2H3. The van der Waals surface area contributed by atoms with E-state index in [9.17, 15) is 4.79 Å². The molecule has 1 unspecified atom stereocenters. The number of hydrogen-bond donors (Lipinski definition) is 1. The summed E-state index contributed by atoms with van der Waals surface area (Å²) < 4.78 is 0. The first-order valence-electron chi connectivity index (χ1n) is 5.13. The normalized spacial score (nSPS) is 19.3. The van der Waals surface area contributed by atoms with Gasteiger partial charge < -0.3 is 10.6 Å². The molecule has 0 bridgehead atoms. The maximum Gasteiger partial charge on any atom is 0.225 e. The molecule has 0 radical (unpaired) electrons. The first-order chi connectivity index (χ1) is 6.16. The van der Waals surface area contributed by atoms with Gasteiger partial charge in [-0.25, -0.2) is 0 Å². The molecule has 0 heterocycles. The molecule has 2 N–H and O–H groups in total. The summed E-state index contributed by atoms with van der Waals surface area (Å²) in [4.78, 5) is 13.6. The number of amides is 1. The summed E-state index contributed by atoms with van der Waals surface area (Å²) in [5.74, 6) is 0.353. The van der Waals surface area contributed by atoms with Crippen LogP contribution in [0.15, 0.2) is 0 Å². The average molecular weight is 184 g/mol. The van der Waals surface area contributed by atoms with Gasteiger partial charge in [-0.1, -0.05) is 6.92 Å². The van der Waals surface area contributed by atoms with Gasteiger partial charge in [0.1, 0.15) is 0 Å². The van der Waals surface area contributed by atoms with Crippen molar-refractivity contribution in [3.8, 4) is 0 Å². The monoisotopic (exact) mass is 184 g/mol. The zero-order chi connectivity index (χ0) is 9.84. The quantitative estimate of drug-likeness (QED) is 0.708. The minimum Gasteiger partial charge on any atom is -0.343 e. The van der Waals surface area contributed by atoms with Gasteiger partial charge in [-0.2, -0.15) is 0 Å². The fraction of sp³-hybridized carbons (Fsp3) is 0.900. The third kappa shape index (κ3) is 2.44. The van der Waals surface area contributed by atoms with E-state index in [0.717, 1.165) is 6.42 Å². The van der Waals surface area contributed by atoms with Crippen molar-refractivity contribution in [1.82, 2.24) is 4.90 Å². The highest BCUT2D eigenvalue weighted by Gasteiger charge is 2.27. The van der Waals surface area contributed by atoms with Crippen molar-refractivity contribution in [1.29, 1.82) is 0 Å². The van der Waals surface area contributed by atoms with E-state index in [-0.39, 0.29) is 11.8 Å². The number of carbonyl (C=O) groups excluding carboxylic acids is 1. The van der Waals surface area contributed by atoms with Crippen molar-refractivity contribution in [3.63, 3.8) is 0 Å². The van der Waals surface area contributed by atoms with Crippen molar-refractivity contribution in [2.24, 2.45) is 11.7 Å². The van der Waals surface area contributed by atoms with Crippen molar-refractivity contribution in [2.45, 2.75) is 38.6 Å². The second-order valence-corrected chi connectivity index (χ2v) is 4.01. The third-order valence-corrected chi connectivity index (χ3v) is 2.99. The van der Waals surface area contributed by atoms with Gasteiger partial charge in [0.05, 0.1) is 0 Å². The van der Waals surface area contributed by atoms with Crippen LogP contribution in [0.2, 0.25) is 0 Å². The summed E-state index contributed by atoms with van der Waals surface area (Å²) in [5, 5.41) is 0. The largest absolute Gasteiger partial charge is 0.343 e. The molecular weight excluding hydrogens is 164 g/mol. The first-order valence-corrected chi connectivity index (χ1v) is 5.13. The molecule has 1 aliphatic rings. The second kappa shape index (κ2) is 4.61. The molecular formula is C10H20N2O. The highest BCUT2D eigenvalue weighted by molar-refractivity contribution is 5.78. The van der Waals surface area contributed by atoms with Crippen LogP contribution in [-0.4, -0.2) is 30.4 Å². The molecule has 1 aliphatic carbocycles. The lowest BCUT2D eigenvalue weighted by atomic mass is 9.91. The highest BCUT2D eigenvalue weighted by atomic mass is 16.2. The second-order valence-electron chi connectivity index (χ2n) is 4.01. The third-order valence-electron chi connectivity index (χ3n) is 2.99. The van der Waals surface area contributed by atoms with Crippen molar-refractivity contribution in [3.05, 3.63) is 0 Å². The van der Waals surface area contributed by atoms with Crippen LogP contribution in [0.25, 0.3) is 0 Å². The fourth-order valence-corrected chi connectivity index (χ4v) is 1.68. The molecule has 0 aromatic carbocycles. The first kappa shape index (κ1) is 10.5. The minimum absolute atomic E-state index is 0.0931. The summed E-state index contributed by atoms with van der Waals surface area (Å²) in [7, 11) is 1.92. The molecule has 76 valence electrons. The number of nitrogens with zero attached hydrogens (tertiary/aromatic N) is 1. The van der Waals surface area contributed by atoms with Gasteiger partial charge in [0.15, 0.2) is 0 Å². The number of hydrogen-bond acceptors (Lipinski definition) is 2. The SMILES string of the molecule is CC(CCN)C(=O)N(C)C1CCC1. The molecule has 3 heteroatoms. The lowest BCUT2D eigenvalue weighted by molar-refractivity contribution is -0.137. The maximum absolute atomic E-state index is 11.7. The Hall–Kier alpha value is -0.570. The summed E-state index contributed by atoms with van der Waals surface area (Å²) in [6.45, 7) is 2.57. The molecule has 0 aromatic rings. The molecule has 3 nitrogen and oxygen atoms in total. The molecule has 1 atom stereocenters. The van der Waals surface area contributed by atoms with Gasteiger partial charge in [0.25, 0.3) is 0 Å². The van der Waals surface area contributed by atoms with E-state index in [2.05, 4.69) is 0 Å². The maximum atomic E-state index is 11.7. The summed E-state index contributed by atoms with van der Waals surface area (Å²) in [5.41, 5.74) is 5.42. The Kier molecular flexibility index (Phi) is 3.72. The highest BCUT2D eigenvalue weighted by Crippen LogP contribution is 2.24. The number of rotatable bonds is 4. The lowest BCUT2D eigenvalue weighted by Crippen LogP contribution is -2.43. The van der Waals surface area contributed by atoms with E-state index < -0.39 is 0 Å². The van der Waals surface area contributed by atoms with Crippen LogP contribution in [-0.2, 0) is 4.79 Å². The van der Waals surface area contributed by atoms with E-state index in [1.807, 2.05) is 18.9 Å². The summed E-state index contributed by atoms with van der Waals surface area (Å²) in [6.07, 6.45) is 4.43. The predicted octanol–water partition coefficient (Wildman–Crippen LogP) is 0.982. The van der Waals surface area contributed by atoms with Crippen LogP contribution in [0, 0.1) is 5.92 Å². The molecule has 0 saturated heterocycles. The van der Waals surface area contributed by atoms with Crippen LogP contribution in [0.3, 0.4) is 0 Å². The van der Waals surface area contributed by atoms with Crippen LogP contribution < -0.4 is 5.73 Å². The van der Waals surface area contributed by atoms with Gasteiger partial charge in [-0.05, 0) is 32.2 Å². The van der Waals surface area contributed by atoms with Crippen molar-refractivity contribution < 1.29 is 4.79 Å². The topological polar surface area (TPSA) is 46.3 Å². The molecule has 13 heavy (non-hydrogen) atoms. The Morgan fingerprint density at radius 1 is 1.62 bits per heavy atom. The smallest absolute Gasteiger partial charge is 0.225 e. The summed E-state index contributed by atoms with van der Waals surface area (Å²) in [6, 6.07) is 0.507. The molecule has 1 fully saturated rings. The Morgan fingerprint density at radius 3 is 2.62 bits per heavy atom. The van der Waals surface area contributed by atoms with Crippen LogP contribution in [0.5, 0.6) is 0 Å². The predicted molar refractivity (Wildman–Crippen MR) is 53.2 cm³/mol. The number of carbonyl (C=O) groups is 1. The molecule has 0 spiro atoms. The molecule has 1 rings (SSSR count). The lowest BCUT2D eigenvalue weighted by Gasteiger charge is -2.36. The van der Waals surface area contributed by atoms with Gasteiger partial charge in [0.2, 0.25) is 5.91 Å². The van der Waals surface area contributed by atoms with Crippen LogP contribution in [0.4, 0.5) is 0 Å². The molecule has 0 aromatic heterocycles. The van der Waals surface area contributed by atoms with E-state index in [1.54, 1.807) is 0 Å².